The maximum atomic E-state index is 12.8. The molecule has 0 bridgehead atoms. The molecule has 1 aliphatic heterocycles. The molecule has 2 rings (SSSR count). The van der Waals surface area contributed by atoms with E-state index in [0.717, 1.165) is 24.1 Å². The van der Waals surface area contributed by atoms with E-state index in [-0.39, 0.29) is 17.7 Å². The molecule has 0 aliphatic carbocycles. The van der Waals surface area contributed by atoms with Crippen LogP contribution in [0.3, 0.4) is 0 Å². The number of amides is 2. The molecule has 2 unspecified atom stereocenters. The Kier molecular flexibility index (Phi) is 8.06. The first-order chi connectivity index (χ1) is 12.6. The highest BCUT2D eigenvalue weighted by molar-refractivity contribution is 5.89. The van der Waals surface area contributed by atoms with Gasteiger partial charge in [-0.05, 0) is 17.5 Å². The first-order valence-corrected chi connectivity index (χ1v) is 9.43. The lowest BCUT2D eigenvalue weighted by molar-refractivity contribution is -0.144. The molecule has 26 heavy (non-hydrogen) atoms. The van der Waals surface area contributed by atoms with Gasteiger partial charge in [0.15, 0.2) is 0 Å². The van der Waals surface area contributed by atoms with Crippen LogP contribution in [0.2, 0.25) is 0 Å². The zero-order valence-electron chi connectivity index (χ0n) is 16.1. The minimum atomic E-state index is -0.439. The van der Waals surface area contributed by atoms with Gasteiger partial charge < -0.3 is 20.3 Å². The van der Waals surface area contributed by atoms with Gasteiger partial charge in [0.1, 0.15) is 6.04 Å². The van der Waals surface area contributed by atoms with Crippen molar-refractivity contribution in [2.45, 2.75) is 39.3 Å². The van der Waals surface area contributed by atoms with Crippen molar-refractivity contribution in [3.63, 3.8) is 0 Å². The van der Waals surface area contributed by atoms with E-state index >= 15 is 0 Å². The van der Waals surface area contributed by atoms with Crippen LogP contribution < -0.4 is 10.6 Å². The van der Waals surface area contributed by atoms with Crippen molar-refractivity contribution < 1.29 is 14.3 Å². The second-order valence-electron chi connectivity index (χ2n) is 6.80. The maximum absolute atomic E-state index is 12.8. The fourth-order valence-corrected chi connectivity index (χ4v) is 3.14. The lowest BCUT2D eigenvalue weighted by Gasteiger charge is -2.37. The van der Waals surface area contributed by atoms with Crippen LogP contribution >= 0.6 is 0 Å². The quantitative estimate of drug-likeness (QED) is 0.651. The lowest BCUT2D eigenvalue weighted by Crippen LogP contribution is -2.54. The summed E-state index contributed by atoms with van der Waals surface area (Å²) >= 11 is 0. The Balaban J connectivity index is 2.02. The smallest absolute Gasteiger partial charge is 0.243 e. The summed E-state index contributed by atoms with van der Waals surface area (Å²) in [4.78, 5) is 27.3. The molecule has 2 N–H and O–H groups in total. The first-order valence-electron chi connectivity index (χ1n) is 9.43. The summed E-state index contributed by atoms with van der Waals surface area (Å²) in [5.41, 5.74) is 2.29. The molecule has 2 amide bonds. The number of hydrogen-bond acceptors (Lipinski definition) is 4. The Hall–Kier alpha value is -1.92. The Labute approximate surface area is 156 Å². The van der Waals surface area contributed by atoms with E-state index in [1.54, 1.807) is 12.0 Å². The van der Waals surface area contributed by atoms with E-state index in [2.05, 4.69) is 10.6 Å². The summed E-state index contributed by atoms with van der Waals surface area (Å²) in [6.07, 6.45) is 1.34. The normalized spacial score (nSPS) is 17.5. The highest BCUT2D eigenvalue weighted by Crippen LogP contribution is 2.25. The third-order valence-electron chi connectivity index (χ3n) is 4.95. The summed E-state index contributed by atoms with van der Waals surface area (Å²) in [6, 6.07) is 7.62. The van der Waals surface area contributed by atoms with Crippen molar-refractivity contribution in [2.75, 3.05) is 33.4 Å². The highest BCUT2D eigenvalue weighted by Gasteiger charge is 2.35. The number of ether oxygens (including phenoxy) is 1. The zero-order valence-corrected chi connectivity index (χ0v) is 16.1. The van der Waals surface area contributed by atoms with Gasteiger partial charge in [-0.2, -0.15) is 0 Å². The van der Waals surface area contributed by atoms with Gasteiger partial charge in [0.2, 0.25) is 11.8 Å². The van der Waals surface area contributed by atoms with Gasteiger partial charge >= 0.3 is 0 Å². The van der Waals surface area contributed by atoms with Crippen molar-refractivity contribution in [2.24, 2.45) is 5.92 Å². The molecule has 0 saturated carbocycles. The van der Waals surface area contributed by atoms with E-state index in [0.29, 0.717) is 32.7 Å². The molecule has 1 heterocycles. The number of hydrogen-bond donors (Lipinski definition) is 2. The number of methoxy groups -OCH3 is 1. The number of fused-ring (bicyclic) bond motifs is 1. The van der Waals surface area contributed by atoms with Crippen molar-refractivity contribution in [1.29, 1.82) is 0 Å². The minimum Gasteiger partial charge on any atom is -0.383 e. The molecule has 0 saturated heterocycles. The topological polar surface area (TPSA) is 70.7 Å². The van der Waals surface area contributed by atoms with Crippen LogP contribution in [0.4, 0.5) is 0 Å². The van der Waals surface area contributed by atoms with E-state index in [1.165, 1.54) is 0 Å². The lowest BCUT2D eigenvalue weighted by atomic mass is 9.92. The van der Waals surface area contributed by atoms with E-state index in [4.69, 9.17) is 4.74 Å². The summed E-state index contributed by atoms with van der Waals surface area (Å²) < 4.78 is 4.98. The van der Waals surface area contributed by atoms with Gasteiger partial charge in [-0.1, -0.05) is 38.1 Å². The Morgan fingerprint density at radius 3 is 2.65 bits per heavy atom. The molecule has 0 aromatic heterocycles. The monoisotopic (exact) mass is 361 g/mol. The molecular weight excluding hydrogens is 330 g/mol. The van der Waals surface area contributed by atoms with Crippen molar-refractivity contribution >= 4 is 11.8 Å². The van der Waals surface area contributed by atoms with Crippen LogP contribution in [0.15, 0.2) is 24.3 Å². The van der Waals surface area contributed by atoms with Crippen LogP contribution in [0.5, 0.6) is 0 Å². The summed E-state index contributed by atoms with van der Waals surface area (Å²) in [5.74, 6) is -0.101. The van der Waals surface area contributed by atoms with Crippen LogP contribution in [0.1, 0.15) is 31.4 Å². The molecule has 2 atom stereocenters. The molecule has 0 spiro atoms. The maximum Gasteiger partial charge on any atom is 0.243 e. The number of nitrogens with one attached hydrogen (secondary N) is 2. The van der Waals surface area contributed by atoms with Gasteiger partial charge in [-0.15, -0.1) is 0 Å². The summed E-state index contributed by atoms with van der Waals surface area (Å²) in [7, 11) is 1.66. The molecule has 1 aromatic carbocycles. The molecular formula is C20H31N3O3. The molecule has 144 valence electrons. The second-order valence-corrected chi connectivity index (χ2v) is 6.80. The minimum absolute atomic E-state index is 0.0559. The Morgan fingerprint density at radius 1 is 1.23 bits per heavy atom. The second kappa shape index (κ2) is 10.3. The number of rotatable bonds is 9. The summed E-state index contributed by atoms with van der Waals surface area (Å²) in [6.45, 7) is 7.04. The predicted octanol–water partition coefficient (Wildman–Crippen LogP) is 1.34. The summed E-state index contributed by atoms with van der Waals surface area (Å²) in [5, 5.41) is 6.17. The molecule has 6 nitrogen and oxygen atoms in total. The standard InChI is InChI=1S/C20H31N3O3/c1-4-15(2)20(25)23-14-17-8-6-5-7-16(17)13-18(23)19(24)22-10-9-21-11-12-26-3/h5-8,15,18,21H,4,9-14H2,1-3H3,(H,22,24). The van der Waals surface area contributed by atoms with E-state index in [9.17, 15) is 9.59 Å². The predicted molar refractivity (Wildman–Crippen MR) is 102 cm³/mol. The van der Waals surface area contributed by atoms with Gasteiger partial charge in [-0.25, -0.2) is 0 Å². The van der Waals surface area contributed by atoms with Crippen LogP contribution in [-0.2, 0) is 27.3 Å². The average molecular weight is 361 g/mol. The highest BCUT2D eigenvalue weighted by atomic mass is 16.5. The van der Waals surface area contributed by atoms with Gasteiger partial charge in [0.05, 0.1) is 6.61 Å². The van der Waals surface area contributed by atoms with Gasteiger partial charge in [0.25, 0.3) is 0 Å². The molecule has 0 fully saturated rings. The Morgan fingerprint density at radius 2 is 1.96 bits per heavy atom. The van der Waals surface area contributed by atoms with Gasteiger partial charge in [0, 0.05) is 45.6 Å². The van der Waals surface area contributed by atoms with Crippen LogP contribution in [0.25, 0.3) is 0 Å². The zero-order chi connectivity index (χ0) is 18.9. The van der Waals surface area contributed by atoms with E-state index < -0.39 is 6.04 Å². The Bertz CT molecular complexity index is 606. The van der Waals surface area contributed by atoms with Crippen molar-refractivity contribution in [3.8, 4) is 0 Å². The third kappa shape index (κ3) is 5.29. The fourth-order valence-electron chi connectivity index (χ4n) is 3.14. The van der Waals surface area contributed by atoms with E-state index in [1.807, 2.05) is 38.1 Å². The molecule has 1 aliphatic rings. The molecule has 1 aromatic rings. The molecule has 6 heteroatoms. The number of nitrogens with zero attached hydrogens (tertiary/aromatic N) is 1. The largest absolute Gasteiger partial charge is 0.383 e. The molecule has 0 radical (unpaired) electrons. The van der Waals surface area contributed by atoms with Gasteiger partial charge in [-0.3, -0.25) is 9.59 Å². The number of benzene rings is 1. The fraction of sp³-hybridized carbons (Fsp3) is 0.600. The van der Waals surface area contributed by atoms with Crippen molar-refractivity contribution in [1.82, 2.24) is 15.5 Å². The van der Waals surface area contributed by atoms with Crippen LogP contribution in [-0.4, -0.2) is 56.1 Å². The van der Waals surface area contributed by atoms with Crippen LogP contribution in [0, 0.1) is 5.92 Å². The SMILES string of the molecule is CCC(C)C(=O)N1Cc2ccccc2CC1C(=O)NCCNCCOC. The number of carbonyl (C=O) groups is 2. The average Bonchev–Trinajstić information content (AvgIpc) is 2.68. The third-order valence-corrected chi connectivity index (χ3v) is 4.95. The first kappa shape index (κ1) is 20.4. The van der Waals surface area contributed by atoms with Crippen molar-refractivity contribution in [3.05, 3.63) is 35.4 Å². The number of carbonyl (C=O) groups excluding carboxylic acids is 2.